The SMILES string of the molecule is C=Cc1ccc(CN(C2=N[C@@H]3CS(=O)(=O)C[C@@H]3S2)c2ccc(OCC)cc2)cc1. The van der Waals surface area contributed by atoms with Crippen LogP contribution in [0, 0.1) is 0 Å². The van der Waals surface area contributed by atoms with Crippen molar-refractivity contribution in [2.24, 2.45) is 4.99 Å². The zero-order chi connectivity index (χ0) is 20.4. The number of thioether (sulfide) groups is 1. The Kier molecular flexibility index (Phi) is 5.69. The highest BCUT2D eigenvalue weighted by Gasteiger charge is 2.44. The van der Waals surface area contributed by atoms with Crippen molar-refractivity contribution in [1.29, 1.82) is 0 Å². The van der Waals surface area contributed by atoms with Crippen LogP contribution in [-0.2, 0) is 16.4 Å². The van der Waals surface area contributed by atoms with Crippen LogP contribution in [0.4, 0.5) is 5.69 Å². The molecule has 0 bridgehead atoms. The normalized spacial score (nSPS) is 22.0. The van der Waals surface area contributed by atoms with Crippen molar-refractivity contribution < 1.29 is 13.2 Å². The highest BCUT2D eigenvalue weighted by Crippen LogP contribution is 2.37. The van der Waals surface area contributed by atoms with Gasteiger partial charge in [-0.05, 0) is 42.3 Å². The van der Waals surface area contributed by atoms with Crippen LogP contribution in [0.15, 0.2) is 60.1 Å². The Morgan fingerprint density at radius 3 is 2.52 bits per heavy atom. The quantitative estimate of drug-likeness (QED) is 0.696. The third-order valence-corrected chi connectivity index (χ3v) is 8.30. The fourth-order valence-corrected chi connectivity index (χ4v) is 7.35. The molecule has 2 aromatic rings. The largest absolute Gasteiger partial charge is 0.494 e. The molecular formula is C22H24N2O3S2. The summed E-state index contributed by atoms with van der Waals surface area (Å²) in [4.78, 5) is 6.95. The van der Waals surface area contributed by atoms with Crippen LogP contribution in [0.25, 0.3) is 6.08 Å². The minimum Gasteiger partial charge on any atom is -0.494 e. The maximum absolute atomic E-state index is 11.9. The van der Waals surface area contributed by atoms with E-state index >= 15 is 0 Å². The molecule has 0 aliphatic carbocycles. The number of aliphatic imine (C=N–C) groups is 1. The molecular weight excluding hydrogens is 404 g/mol. The summed E-state index contributed by atoms with van der Waals surface area (Å²) in [6.45, 7) is 7.05. The van der Waals surface area contributed by atoms with E-state index in [1.165, 1.54) is 0 Å². The lowest BCUT2D eigenvalue weighted by Gasteiger charge is -2.25. The van der Waals surface area contributed by atoms with Crippen LogP contribution in [0.1, 0.15) is 18.1 Å². The van der Waals surface area contributed by atoms with Gasteiger partial charge in [0, 0.05) is 10.9 Å². The van der Waals surface area contributed by atoms with E-state index in [2.05, 4.69) is 23.6 Å². The number of hydrogen-bond acceptors (Lipinski definition) is 6. The number of nitrogens with zero attached hydrogens (tertiary/aromatic N) is 2. The minimum absolute atomic E-state index is 0.0170. The summed E-state index contributed by atoms with van der Waals surface area (Å²) < 4.78 is 29.4. The fourth-order valence-electron chi connectivity index (χ4n) is 3.57. The van der Waals surface area contributed by atoms with Crippen LogP contribution in [-0.4, -0.2) is 43.0 Å². The van der Waals surface area contributed by atoms with E-state index in [-0.39, 0.29) is 22.8 Å². The third kappa shape index (κ3) is 4.51. The molecule has 29 heavy (non-hydrogen) atoms. The first-order valence-electron chi connectivity index (χ1n) is 9.64. The second-order valence-corrected chi connectivity index (χ2v) is 10.5. The van der Waals surface area contributed by atoms with Crippen molar-refractivity contribution in [3.63, 3.8) is 0 Å². The number of sulfone groups is 1. The molecule has 2 aromatic carbocycles. The van der Waals surface area contributed by atoms with E-state index in [9.17, 15) is 8.42 Å². The Hall–Kier alpha value is -2.25. The van der Waals surface area contributed by atoms with Gasteiger partial charge in [-0.25, -0.2) is 8.42 Å². The number of anilines is 1. The van der Waals surface area contributed by atoms with Crippen molar-refractivity contribution in [3.05, 3.63) is 66.2 Å². The molecule has 152 valence electrons. The molecule has 2 aliphatic rings. The molecule has 1 fully saturated rings. The average Bonchev–Trinajstić information content (AvgIpc) is 3.21. The number of amidine groups is 1. The van der Waals surface area contributed by atoms with Crippen molar-refractivity contribution in [2.75, 3.05) is 23.0 Å². The molecule has 0 saturated carbocycles. The summed E-state index contributed by atoms with van der Waals surface area (Å²) in [6, 6.07) is 16.1. The van der Waals surface area contributed by atoms with Gasteiger partial charge < -0.3 is 9.64 Å². The second kappa shape index (κ2) is 8.24. The molecule has 0 unspecified atom stereocenters. The van der Waals surface area contributed by atoms with Gasteiger partial charge in [-0.2, -0.15) is 0 Å². The van der Waals surface area contributed by atoms with Crippen molar-refractivity contribution in [1.82, 2.24) is 0 Å². The molecule has 0 amide bonds. The zero-order valence-corrected chi connectivity index (χ0v) is 18.0. The van der Waals surface area contributed by atoms with Gasteiger partial charge in [-0.3, -0.25) is 4.99 Å². The van der Waals surface area contributed by atoms with E-state index in [4.69, 9.17) is 9.73 Å². The predicted molar refractivity (Wildman–Crippen MR) is 122 cm³/mol. The summed E-state index contributed by atoms with van der Waals surface area (Å²) in [5, 5.41) is 0.898. The van der Waals surface area contributed by atoms with Crippen molar-refractivity contribution >= 4 is 38.5 Å². The van der Waals surface area contributed by atoms with Crippen LogP contribution in [0.3, 0.4) is 0 Å². The van der Waals surface area contributed by atoms with Crippen LogP contribution in [0.2, 0.25) is 0 Å². The standard InChI is InChI=1S/C22H24N2O3S2/c1-3-16-5-7-17(8-6-16)13-24(18-9-11-19(12-10-18)27-4-2)22-23-20-14-29(25,26)15-21(20)28-22/h3,5-12,20-21H,1,4,13-15H2,2H3/t20-,21+/m1/s1. The summed E-state index contributed by atoms with van der Waals surface area (Å²) in [5.41, 5.74) is 3.24. The molecule has 2 atom stereocenters. The zero-order valence-electron chi connectivity index (χ0n) is 16.3. The molecule has 7 heteroatoms. The molecule has 0 aromatic heterocycles. The van der Waals surface area contributed by atoms with E-state index in [0.29, 0.717) is 13.2 Å². The average molecular weight is 429 g/mol. The molecule has 2 aliphatic heterocycles. The van der Waals surface area contributed by atoms with Crippen molar-refractivity contribution in [2.45, 2.75) is 24.8 Å². The van der Waals surface area contributed by atoms with Crippen LogP contribution < -0.4 is 9.64 Å². The van der Waals surface area contributed by atoms with E-state index in [1.54, 1.807) is 11.8 Å². The van der Waals surface area contributed by atoms with Gasteiger partial charge in [0.05, 0.1) is 30.7 Å². The first-order valence-corrected chi connectivity index (χ1v) is 12.3. The molecule has 1 saturated heterocycles. The molecule has 2 heterocycles. The first kappa shape index (κ1) is 20.0. The molecule has 5 nitrogen and oxygen atoms in total. The van der Waals surface area contributed by atoms with Gasteiger partial charge in [0.1, 0.15) is 5.75 Å². The first-order chi connectivity index (χ1) is 14.0. The third-order valence-electron chi connectivity index (χ3n) is 5.05. The highest BCUT2D eigenvalue weighted by molar-refractivity contribution is 8.15. The van der Waals surface area contributed by atoms with Gasteiger partial charge >= 0.3 is 0 Å². The molecule has 0 radical (unpaired) electrons. The smallest absolute Gasteiger partial charge is 0.164 e. The summed E-state index contributed by atoms with van der Waals surface area (Å²) in [7, 11) is -2.97. The fraction of sp³-hybridized carbons (Fsp3) is 0.318. The Labute approximate surface area is 176 Å². The second-order valence-electron chi connectivity index (χ2n) is 7.17. The van der Waals surface area contributed by atoms with E-state index in [1.807, 2.05) is 49.4 Å². The van der Waals surface area contributed by atoms with Gasteiger partial charge in [0.25, 0.3) is 0 Å². The van der Waals surface area contributed by atoms with Gasteiger partial charge in [-0.1, -0.05) is 48.7 Å². The van der Waals surface area contributed by atoms with Crippen molar-refractivity contribution in [3.8, 4) is 5.75 Å². The predicted octanol–water partition coefficient (Wildman–Crippen LogP) is 4.00. The van der Waals surface area contributed by atoms with Crippen LogP contribution >= 0.6 is 11.8 Å². The highest BCUT2D eigenvalue weighted by atomic mass is 32.2. The molecule has 0 spiro atoms. The molecule has 0 N–H and O–H groups in total. The van der Waals surface area contributed by atoms with Gasteiger partial charge in [0.15, 0.2) is 15.0 Å². The Bertz CT molecular complexity index is 1020. The lowest BCUT2D eigenvalue weighted by Crippen LogP contribution is -2.28. The number of rotatable bonds is 6. The van der Waals surface area contributed by atoms with E-state index < -0.39 is 9.84 Å². The lowest BCUT2D eigenvalue weighted by molar-refractivity contribution is 0.340. The molecule has 4 rings (SSSR count). The summed E-state index contributed by atoms with van der Waals surface area (Å²) >= 11 is 1.58. The number of hydrogen-bond donors (Lipinski definition) is 0. The Morgan fingerprint density at radius 2 is 1.90 bits per heavy atom. The monoisotopic (exact) mass is 428 g/mol. The number of benzene rings is 2. The van der Waals surface area contributed by atoms with E-state index in [0.717, 1.165) is 27.7 Å². The van der Waals surface area contributed by atoms with Gasteiger partial charge in [0.2, 0.25) is 0 Å². The minimum atomic E-state index is -2.97. The number of fused-ring (bicyclic) bond motifs is 1. The summed E-state index contributed by atoms with van der Waals surface area (Å²) in [6.07, 6.45) is 1.83. The Balaban J connectivity index is 1.62. The topological polar surface area (TPSA) is 59.0 Å². The van der Waals surface area contributed by atoms with Gasteiger partial charge in [-0.15, -0.1) is 0 Å². The maximum Gasteiger partial charge on any atom is 0.164 e. The number of ether oxygens (including phenoxy) is 1. The maximum atomic E-state index is 11.9. The lowest BCUT2D eigenvalue weighted by atomic mass is 10.1. The summed E-state index contributed by atoms with van der Waals surface area (Å²) in [5.74, 6) is 1.19. The Morgan fingerprint density at radius 1 is 1.17 bits per heavy atom. The van der Waals surface area contributed by atoms with Crippen LogP contribution in [0.5, 0.6) is 5.75 Å².